The van der Waals surface area contributed by atoms with E-state index >= 15 is 0 Å². The highest BCUT2D eigenvalue weighted by Crippen LogP contribution is 2.27. The maximum Gasteiger partial charge on any atom is 0.306 e. The van der Waals surface area contributed by atoms with E-state index in [1.807, 2.05) is 42.5 Å². The summed E-state index contributed by atoms with van der Waals surface area (Å²) in [5.41, 5.74) is 0. The number of benzene rings is 2. The molecular formula is C21H25NO6. The Balaban J connectivity index is 1.38. The van der Waals surface area contributed by atoms with E-state index in [2.05, 4.69) is 4.90 Å². The first-order valence-corrected chi connectivity index (χ1v) is 9.58. The first-order chi connectivity index (χ1) is 13.6. The number of nitrogens with zero attached hydrogens (tertiary/aromatic N) is 1. The van der Waals surface area contributed by atoms with E-state index < -0.39 is 18.2 Å². The second-order valence-corrected chi connectivity index (χ2v) is 7.40. The van der Waals surface area contributed by atoms with Gasteiger partial charge in [0.15, 0.2) is 0 Å². The monoisotopic (exact) mass is 387 g/mol. The Bertz CT molecular complexity index is 822. The number of carboxylic acids is 1. The van der Waals surface area contributed by atoms with Gasteiger partial charge in [0.25, 0.3) is 0 Å². The molecule has 0 spiro atoms. The number of hydrogen-bond donors (Lipinski definition) is 2. The second-order valence-electron chi connectivity index (χ2n) is 7.40. The average Bonchev–Trinajstić information content (AvgIpc) is 3.14. The molecule has 28 heavy (non-hydrogen) atoms. The van der Waals surface area contributed by atoms with Gasteiger partial charge in [0, 0.05) is 18.5 Å². The van der Waals surface area contributed by atoms with Crippen LogP contribution in [0, 0.1) is 0 Å². The van der Waals surface area contributed by atoms with Crippen LogP contribution in [-0.4, -0.2) is 78.3 Å². The minimum absolute atomic E-state index is 0.0391. The third kappa shape index (κ3) is 4.28. The quantitative estimate of drug-likeness (QED) is 0.745. The Labute approximate surface area is 163 Å². The minimum Gasteiger partial charge on any atom is -0.490 e. The van der Waals surface area contributed by atoms with Gasteiger partial charge in [-0.25, -0.2) is 0 Å². The van der Waals surface area contributed by atoms with E-state index in [1.54, 1.807) is 0 Å². The minimum atomic E-state index is -0.887. The Kier molecular flexibility index (Phi) is 5.77. The fraction of sp³-hybridized carbons (Fsp3) is 0.476. The molecule has 0 radical (unpaired) electrons. The van der Waals surface area contributed by atoms with Gasteiger partial charge in [0.05, 0.1) is 37.9 Å². The van der Waals surface area contributed by atoms with Crippen molar-refractivity contribution >= 4 is 16.7 Å². The van der Waals surface area contributed by atoms with Gasteiger partial charge in [-0.3, -0.25) is 9.69 Å². The highest BCUT2D eigenvalue weighted by Gasteiger charge is 2.41. The van der Waals surface area contributed by atoms with Crippen LogP contribution in [0.5, 0.6) is 5.75 Å². The van der Waals surface area contributed by atoms with Crippen molar-refractivity contribution in [2.45, 2.75) is 30.8 Å². The number of ether oxygens (including phenoxy) is 3. The number of aliphatic hydroxyl groups excluding tert-OH is 1. The molecule has 7 heteroatoms. The van der Waals surface area contributed by atoms with Crippen LogP contribution in [0.1, 0.15) is 6.42 Å². The smallest absolute Gasteiger partial charge is 0.306 e. The molecule has 0 saturated carbocycles. The first kappa shape index (κ1) is 19.1. The zero-order valence-corrected chi connectivity index (χ0v) is 15.6. The van der Waals surface area contributed by atoms with Gasteiger partial charge in [-0.1, -0.05) is 36.4 Å². The molecule has 0 amide bonds. The largest absolute Gasteiger partial charge is 0.490 e. The molecule has 4 rings (SSSR count). The lowest BCUT2D eigenvalue weighted by molar-refractivity contribution is -0.149. The second kappa shape index (κ2) is 8.45. The van der Waals surface area contributed by atoms with Crippen LogP contribution in [0.15, 0.2) is 42.5 Å². The number of carboxylic acid groups (broad SMARTS) is 1. The van der Waals surface area contributed by atoms with Crippen molar-refractivity contribution in [3.63, 3.8) is 0 Å². The van der Waals surface area contributed by atoms with Crippen LogP contribution in [0.2, 0.25) is 0 Å². The Morgan fingerprint density at radius 2 is 2.04 bits per heavy atom. The summed E-state index contributed by atoms with van der Waals surface area (Å²) in [6, 6.07) is 13.9. The molecule has 2 saturated heterocycles. The lowest BCUT2D eigenvalue weighted by Crippen LogP contribution is -2.56. The fourth-order valence-corrected chi connectivity index (χ4v) is 4.03. The van der Waals surface area contributed by atoms with Crippen molar-refractivity contribution in [1.82, 2.24) is 4.90 Å². The number of hydrogen-bond acceptors (Lipinski definition) is 6. The summed E-state index contributed by atoms with van der Waals surface area (Å²) < 4.78 is 17.2. The Morgan fingerprint density at radius 3 is 2.89 bits per heavy atom. The van der Waals surface area contributed by atoms with E-state index in [4.69, 9.17) is 19.3 Å². The normalized spacial score (nSPS) is 26.1. The number of aliphatic hydroxyl groups is 1. The van der Waals surface area contributed by atoms with Gasteiger partial charge in [-0.15, -0.1) is 0 Å². The number of aliphatic carboxylic acids is 1. The van der Waals surface area contributed by atoms with Crippen LogP contribution >= 0.6 is 0 Å². The molecule has 7 nitrogen and oxygen atoms in total. The molecule has 4 atom stereocenters. The lowest BCUT2D eigenvalue weighted by Gasteiger charge is -2.41. The summed E-state index contributed by atoms with van der Waals surface area (Å²) in [5.74, 6) is -0.146. The van der Waals surface area contributed by atoms with Crippen LogP contribution in [-0.2, 0) is 14.3 Å². The van der Waals surface area contributed by atoms with Crippen molar-refractivity contribution in [2.75, 3.05) is 32.9 Å². The lowest BCUT2D eigenvalue weighted by atomic mass is 10.1. The van der Waals surface area contributed by atoms with Crippen molar-refractivity contribution in [1.29, 1.82) is 0 Å². The number of rotatable bonds is 7. The summed E-state index contributed by atoms with van der Waals surface area (Å²) in [4.78, 5) is 13.1. The SMILES string of the molecule is O=C(O)C[C@@H]1CN(CC(O)COc2cccc3ccccc23)[C@H]2COC[C@@H]2O1. The van der Waals surface area contributed by atoms with E-state index in [0.29, 0.717) is 26.3 Å². The van der Waals surface area contributed by atoms with Crippen molar-refractivity contribution < 1.29 is 29.2 Å². The van der Waals surface area contributed by atoms with Gasteiger partial charge >= 0.3 is 5.97 Å². The Morgan fingerprint density at radius 1 is 1.21 bits per heavy atom. The van der Waals surface area contributed by atoms with Crippen LogP contribution in [0.3, 0.4) is 0 Å². The molecule has 0 bridgehead atoms. The summed E-state index contributed by atoms with van der Waals surface area (Å²) in [5, 5.41) is 21.7. The van der Waals surface area contributed by atoms with Crippen LogP contribution in [0.25, 0.3) is 10.8 Å². The summed E-state index contributed by atoms with van der Waals surface area (Å²) in [6.45, 7) is 1.99. The number of morpholine rings is 1. The molecule has 1 unspecified atom stereocenters. The third-order valence-corrected chi connectivity index (χ3v) is 5.30. The highest BCUT2D eigenvalue weighted by atomic mass is 16.6. The molecule has 0 aromatic heterocycles. The van der Waals surface area contributed by atoms with Gasteiger partial charge in [0.1, 0.15) is 18.5 Å². The van der Waals surface area contributed by atoms with E-state index in [1.165, 1.54) is 0 Å². The maximum absolute atomic E-state index is 11.1. The van der Waals surface area contributed by atoms with Gasteiger partial charge in [-0.2, -0.15) is 0 Å². The molecule has 2 heterocycles. The highest BCUT2D eigenvalue weighted by molar-refractivity contribution is 5.88. The van der Waals surface area contributed by atoms with E-state index in [9.17, 15) is 9.90 Å². The molecule has 150 valence electrons. The van der Waals surface area contributed by atoms with Crippen molar-refractivity contribution in [2.24, 2.45) is 0 Å². The third-order valence-electron chi connectivity index (χ3n) is 5.30. The summed E-state index contributed by atoms with van der Waals surface area (Å²) in [6.07, 6.45) is -1.30. The van der Waals surface area contributed by atoms with Crippen molar-refractivity contribution in [3.8, 4) is 5.75 Å². The average molecular weight is 387 g/mol. The summed E-state index contributed by atoms with van der Waals surface area (Å²) >= 11 is 0. The van der Waals surface area contributed by atoms with E-state index in [0.717, 1.165) is 16.5 Å². The van der Waals surface area contributed by atoms with E-state index in [-0.39, 0.29) is 25.2 Å². The first-order valence-electron chi connectivity index (χ1n) is 9.58. The molecule has 2 aliphatic rings. The fourth-order valence-electron chi connectivity index (χ4n) is 4.03. The molecule has 2 fully saturated rings. The van der Waals surface area contributed by atoms with Gasteiger partial charge in [0.2, 0.25) is 0 Å². The predicted octanol–water partition coefficient (Wildman–Crippen LogP) is 1.52. The molecule has 2 aromatic carbocycles. The zero-order valence-electron chi connectivity index (χ0n) is 15.6. The molecule has 0 aliphatic carbocycles. The zero-order chi connectivity index (χ0) is 19.5. The number of carbonyl (C=O) groups is 1. The molecule has 2 N–H and O–H groups in total. The van der Waals surface area contributed by atoms with Crippen LogP contribution in [0.4, 0.5) is 0 Å². The van der Waals surface area contributed by atoms with Crippen LogP contribution < -0.4 is 4.74 Å². The predicted molar refractivity (Wildman–Crippen MR) is 103 cm³/mol. The van der Waals surface area contributed by atoms with Gasteiger partial charge in [-0.05, 0) is 11.5 Å². The van der Waals surface area contributed by atoms with Crippen molar-refractivity contribution in [3.05, 3.63) is 42.5 Å². The Hall–Kier alpha value is -2.19. The van der Waals surface area contributed by atoms with Gasteiger partial charge < -0.3 is 24.4 Å². The molecular weight excluding hydrogens is 362 g/mol. The number of fused-ring (bicyclic) bond motifs is 2. The maximum atomic E-state index is 11.1. The topological polar surface area (TPSA) is 88.5 Å². The standard InChI is InChI=1S/C21H25NO6/c23-15(11-27-19-7-3-5-14-4-1-2-6-17(14)19)9-22-10-16(8-21(24)25)28-20-13-26-12-18(20)22/h1-7,15-16,18,20,23H,8-13H2,(H,24,25)/t15?,16-,18+,20+/m1/s1. The number of β-amino-alcohol motifs (C(OH)–C–C–N with tert-alkyl or cyclic N) is 1. The summed E-state index contributed by atoms with van der Waals surface area (Å²) in [7, 11) is 0. The molecule has 2 aromatic rings. The molecule has 2 aliphatic heterocycles.